The zero-order chi connectivity index (χ0) is 50.6. The zero-order valence-electron chi connectivity index (χ0n) is 42.9. The van der Waals surface area contributed by atoms with Gasteiger partial charge in [-0.2, -0.15) is 0 Å². The average molecular weight is 964 g/mol. The third-order valence-corrected chi connectivity index (χ3v) is 15.3. The Labute approximate surface area is 436 Å². The Morgan fingerprint density at radius 1 is 0.267 bits per heavy atom. The second-order valence-electron chi connectivity index (χ2n) is 20.8. The van der Waals surface area contributed by atoms with Crippen LogP contribution < -0.4 is 0 Å². The summed E-state index contributed by atoms with van der Waals surface area (Å²) in [7, 11) is 0. The molecular weight excluding hydrogens is 911 g/mol. The number of fused-ring (bicyclic) bond motifs is 9. The van der Waals surface area contributed by atoms with E-state index in [1.807, 2.05) is 0 Å². The fourth-order valence-corrected chi connectivity index (χ4v) is 11.8. The van der Waals surface area contributed by atoms with Gasteiger partial charge in [-0.25, -0.2) is 9.97 Å². The first-order chi connectivity index (χ1) is 36.6. The summed E-state index contributed by atoms with van der Waals surface area (Å²) in [5.41, 5.74) is 23.3. The topological polar surface area (TPSA) is 40.6 Å². The maximum atomic E-state index is 6.11. The van der Waals surface area contributed by atoms with Gasteiger partial charge in [0.2, 0.25) is 0 Å². The number of aryl methyl sites for hydroxylation is 6. The molecule has 0 fully saturated rings. The molecule has 14 aromatic rings. The van der Waals surface area contributed by atoms with E-state index in [1.165, 1.54) is 65.7 Å². The largest absolute Gasteiger partial charge is 0.305 e. The third-order valence-electron chi connectivity index (χ3n) is 15.3. The second-order valence-corrected chi connectivity index (χ2v) is 20.8. The first-order valence-electron chi connectivity index (χ1n) is 26.0. The van der Waals surface area contributed by atoms with Gasteiger partial charge >= 0.3 is 0 Å². The van der Waals surface area contributed by atoms with E-state index < -0.39 is 0 Å². The molecule has 0 radical (unpaired) electrons. The van der Waals surface area contributed by atoms with E-state index in [2.05, 4.69) is 268 Å². The lowest BCUT2D eigenvalue weighted by Gasteiger charge is -2.22. The second kappa shape index (κ2) is 17.1. The molecule has 358 valence electrons. The standard InChI is InChI=1S/C70H53N5/c1-42-20-26-62-54(32-42)55-33-43(2)21-27-63(55)73(62)68-41-53(51-19-13-18-50(38-51)52-39-60(48-14-9-7-10-15-48)71-61(40-52)49-16-11-8-12-17-49)69(74-64-28-22-44(3)34-56(64)57-35-45(4)23-29-65(57)74)70(72-68)75-66-30-24-46(5)36-58(66)59-37-47(6)25-31-67(59)75/h7-41H,1-6H3. The van der Waals surface area contributed by atoms with Crippen molar-refractivity contribution in [3.8, 4) is 62.1 Å². The Hall–Kier alpha value is -9.32. The minimum absolute atomic E-state index is 0.838. The minimum atomic E-state index is 0.838. The number of pyridine rings is 2. The third kappa shape index (κ3) is 7.29. The molecule has 0 amide bonds. The molecule has 5 heteroatoms. The van der Waals surface area contributed by atoms with Crippen molar-refractivity contribution in [2.75, 3.05) is 0 Å². The molecule has 9 aromatic carbocycles. The summed E-state index contributed by atoms with van der Waals surface area (Å²) in [4.78, 5) is 11.4. The highest BCUT2D eigenvalue weighted by atomic mass is 15.2. The monoisotopic (exact) mass is 963 g/mol. The van der Waals surface area contributed by atoms with Gasteiger partial charge in [0.15, 0.2) is 5.82 Å². The zero-order valence-corrected chi connectivity index (χ0v) is 42.9. The Morgan fingerprint density at radius 2 is 0.627 bits per heavy atom. The smallest absolute Gasteiger partial charge is 0.165 e. The Bertz CT molecular complexity index is 4410. The van der Waals surface area contributed by atoms with Gasteiger partial charge in [0.25, 0.3) is 0 Å². The maximum Gasteiger partial charge on any atom is 0.165 e. The van der Waals surface area contributed by atoms with Crippen molar-refractivity contribution in [2.24, 2.45) is 0 Å². The molecule has 14 rings (SSSR count). The minimum Gasteiger partial charge on any atom is -0.305 e. The van der Waals surface area contributed by atoms with E-state index in [9.17, 15) is 0 Å². The molecule has 5 nitrogen and oxygen atoms in total. The molecule has 75 heavy (non-hydrogen) atoms. The van der Waals surface area contributed by atoms with Crippen LogP contribution in [0.15, 0.2) is 212 Å². The van der Waals surface area contributed by atoms with Crippen molar-refractivity contribution in [1.29, 1.82) is 0 Å². The fourth-order valence-electron chi connectivity index (χ4n) is 11.8. The lowest BCUT2D eigenvalue weighted by atomic mass is 9.96. The number of hydrogen-bond donors (Lipinski definition) is 0. The van der Waals surface area contributed by atoms with E-state index >= 15 is 0 Å². The van der Waals surface area contributed by atoms with Gasteiger partial charge in [-0.1, -0.05) is 149 Å². The number of nitrogens with zero attached hydrogens (tertiary/aromatic N) is 5. The van der Waals surface area contributed by atoms with Crippen LogP contribution in [0.5, 0.6) is 0 Å². The van der Waals surface area contributed by atoms with Crippen molar-refractivity contribution in [1.82, 2.24) is 23.7 Å². The lowest BCUT2D eigenvalue weighted by molar-refractivity contribution is 0.984. The van der Waals surface area contributed by atoms with E-state index in [-0.39, 0.29) is 0 Å². The summed E-state index contributed by atoms with van der Waals surface area (Å²) < 4.78 is 7.34. The lowest BCUT2D eigenvalue weighted by Crippen LogP contribution is -2.11. The van der Waals surface area contributed by atoms with E-state index in [4.69, 9.17) is 9.97 Å². The predicted octanol–water partition coefficient (Wildman–Crippen LogP) is 18.3. The summed E-state index contributed by atoms with van der Waals surface area (Å²) in [6.07, 6.45) is 0. The molecule has 0 aliphatic carbocycles. The van der Waals surface area contributed by atoms with Crippen LogP contribution in [0, 0.1) is 41.5 Å². The summed E-state index contributed by atoms with van der Waals surface area (Å²) in [5.74, 6) is 1.68. The van der Waals surface area contributed by atoms with Gasteiger partial charge in [-0.05, 0) is 155 Å². The number of aromatic nitrogens is 5. The van der Waals surface area contributed by atoms with E-state index in [0.29, 0.717) is 0 Å². The van der Waals surface area contributed by atoms with E-state index in [0.717, 1.165) is 95.2 Å². The molecule has 0 aliphatic heterocycles. The highest BCUT2D eigenvalue weighted by Gasteiger charge is 2.27. The van der Waals surface area contributed by atoms with Gasteiger partial charge in [0.05, 0.1) is 50.2 Å². The maximum absolute atomic E-state index is 6.11. The summed E-state index contributed by atoms with van der Waals surface area (Å²) in [6, 6.07) is 78.2. The Balaban J connectivity index is 1.16. The van der Waals surface area contributed by atoms with Gasteiger partial charge in [0, 0.05) is 49.0 Å². The van der Waals surface area contributed by atoms with Crippen molar-refractivity contribution in [3.05, 3.63) is 246 Å². The normalized spacial score (nSPS) is 11.9. The van der Waals surface area contributed by atoms with Crippen LogP contribution in [0.3, 0.4) is 0 Å². The highest BCUT2D eigenvalue weighted by Crippen LogP contribution is 2.45. The van der Waals surface area contributed by atoms with Crippen LogP contribution in [0.4, 0.5) is 0 Å². The summed E-state index contributed by atoms with van der Waals surface area (Å²) >= 11 is 0. The number of benzene rings is 9. The quantitative estimate of drug-likeness (QED) is 0.160. The van der Waals surface area contributed by atoms with Crippen LogP contribution in [-0.2, 0) is 0 Å². The molecule has 5 heterocycles. The van der Waals surface area contributed by atoms with Crippen LogP contribution in [0.25, 0.3) is 128 Å². The van der Waals surface area contributed by atoms with Gasteiger partial charge in [0.1, 0.15) is 5.82 Å². The van der Waals surface area contributed by atoms with Crippen LogP contribution in [0.2, 0.25) is 0 Å². The van der Waals surface area contributed by atoms with Crippen molar-refractivity contribution in [3.63, 3.8) is 0 Å². The molecule has 0 atom stereocenters. The molecule has 0 bridgehead atoms. The number of hydrogen-bond acceptors (Lipinski definition) is 2. The summed E-state index contributed by atoms with van der Waals surface area (Å²) in [6.45, 7) is 13.1. The fraction of sp³-hybridized carbons (Fsp3) is 0.0857. The van der Waals surface area contributed by atoms with Crippen molar-refractivity contribution < 1.29 is 0 Å². The molecular formula is C70H53N5. The molecule has 5 aromatic heterocycles. The molecule has 0 saturated heterocycles. The highest BCUT2D eigenvalue weighted by molar-refractivity contribution is 6.13. The Kier molecular flexibility index (Phi) is 10.1. The van der Waals surface area contributed by atoms with Gasteiger partial charge in [-0.15, -0.1) is 0 Å². The van der Waals surface area contributed by atoms with Gasteiger partial charge < -0.3 is 4.57 Å². The summed E-state index contributed by atoms with van der Waals surface area (Å²) in [5, 5.41) is 7.25. The molecule has 0 saturated carbocycles. The van der Waals surface area contributed by atoms with E-state index in [1.54, 1.807) is 0 Å². The van der Waals surface area contributed by atoms with Crippen molar-refractivity contribution >= 4 is 65.4 Å². The molecule has 0 aliphatic rings. The SMILES string of the molecule is Cc1ccc2c(c1)c1cc(C)ccc1n2-c1cc(-c2cccc(-c3cc(-c4ccccc4)nc(-c4ccccc4)c3)c2)c(-n2c3ccc(C)cc3c3cc(C)ccc32)c(-n2c3ccc(C)cc3c3cc(C)ccc32)n1. The van der Waals surface area contributed by atoms with Crippen molar-refractivity contribution in [2.45, 2.75) is 41.5 Å². The van der Waals surface area contributed by atoms with Crippen LogP contribution in [0.1, 0.15) is 33.4 Å². The molecule has 0 unspecified atom stereocenters. The number of rotatable bonds is 7. The van der Waals surface area contributed by atoms with Crippen LogP contribution in [-0.4, -0.2) is 23.7 Å². The first kappa shape index (κ1) is 44.4. The van der Waals surface area contributed by atoms with Gasteiger partial charge in [-0.3, -0.25) is 9.13 Å². The Morgan fingerprint density at radius 3 is 1.04 bits per heavy atom. The molecule has 0 spiro atoms. The predicted molar refractivity (Wildman–Crippen MR) is 315 cm³/mol. The first-order valence-corrected chi connectivity index (χ1v) is 26.0. The molecule has 0 N–H and O–H groups in total. The average Bonchev–Trinajstić information content (AvgIpc) is 4.06. The van der Waals surface area contributed by atoms with Crippen LogP contribution >= 0.6 is 0 Å².